The first-order valence-electron chi connectivity index (χ1n) is 11.0. The highest BCUT2D eigenvalue weighted by Gasteiger charge is 2.14. The van der Waals surface area contributed by atoms with E-state index in [1.54, 1.807) is 36.4 Å². The molecule has 0 aliphatic rings. The van der Waals surface area contributed by atoms with Crippen molar-refractivity contribution < 1.29 is 24.0 Å². The smallest absolute Gasteiger partial charge is 0.343 e. The van der Waals surface area contributed by atoms with Crippen LogP contribution < -0.4 is 9.47 Å². The Morgan fingerprint density at radius 3 is 2.06 bits per heavy atom. The summed E-state index contributed by atoms with van der Waals surface area (Å²) in [5.41, 5.74) is 3.38. The molecule has 7 nitrogen and oxygen atoms in total. The van der Waals surface area contributed by atoms with Gasteiger partial charge in [0.05, 0.1) is 17.6 Å². The summed E-state index contributed by atoms with van der Waals surface area (Å²) in [7, 11) is 1.44. The van der Waals surface area contributed by atoms with E-state index in [0.717, 1.165) is 11.1 Å². The highest BCUT2D eigenvalue weighted by molar-refractivity contribution is 6.07. The molecule has 4 aromatic carbocycles. The summed E-state index contributed by atoms with van der Waals surface area (Å²) in [5, 5.41) is 10.8. The number of nitro benzene ring substituents is 1. The molecule has 0 spiro atoms. The maximum atomic E-state index is 12.6. The van der Waals surface area contributed by atoms with Crippen molar-refractivity contribution in [1.82, 2.24) is 0 Å². The molecule has 0 saturated heterocycles. The topological polar surface area (TPSA) is 95.7 Å². The molecule has 0 radical (unpaired) electrons. The largest absolute Gasteiger partial charge is 0.493 e. The average Bonchev–Trinajstić information content (AvgIpc) is 2.92. The molecule has 0 atom stereocenters. The maximum Gasteiger partial charge on any atom is 0.343 e. The second kappa shape index (κ2) is 10.9. The van der Waals surface area contributed by atoms with E-state index in [9.17, 15) is 19.7 Å². The number of ketones is 1. The van der Waals surface area contributed by atoms with E-state index in [1.165, 1.54) is 37.5 Å². The summed E-state index contributed by atoms with van der Waals surface area (Å²) < 4.78 is 10.7. The van der Waals surface area contributed by atoms with Crippen molar-refractivity contribution in [3.63, 3.8) is 0 Å². The van der Waals surface area contributed by atoms with Gasteiger partial charge in [-0.2, -0.15) is 0 Å². The fourth-order valence-electron chi connectivity index (χ4n) is 3.48. The number of carbonyl (C=O) groups excluding carboxylic acids is 2. The second-order valence-corrected chi connectivity index (χ2v) is 7.74. The lowest BCUT2D eigenvalue weighted by Gasteiger charge is -2.10. The minimum absolute atomic E-state index is 0.123. The van der Waals surface area contributed by atoms with Crippen molar-refractivity contribution >= 4 is 23.5 Å². The molecule has 0 N–H and O–H groups in total. The number of esters is 1. The number of hydrogen-bond donors (Lipinski definition) is 0. The normalized spacial score (nSPS) is 10.7. The Hall–Kier alpha value is -5.04. The van der Waals surface area contributed by atoms with Gasteiger partial charge in [-0.25, -0.2) is 4.79 Å². The van der Waals surface area contributed by atoms with E-state index in [2.05, 4.69) is 0 Å². The van der Waals surface area contributed by atoms with Gasteiger partial charge in [0.1, 0.15) is 0 Å². The zero-order valence-electron chi connectivity index (χ0n) is 19.3. The van der Waals surface area contributed by atoms with Crippen molar-refractivity contribution in [2.24, 2.45) is 0 Å². The van der Waals surface area contributed by atoms with Crippen LogP contribution in [-0.2, 0) is 0 Å². The fraction of sp³-hybridized carbons (Fsp3) is 0.0345. The number of carbonyl (C=O) groups is 2. The standard InChI is InChI=1S/C29H21NO6/c1-35-28-19-20(8-18-27(28)36-29(32)24-13-15-25(16-14-24)30(33)34)7-17-26(31)23-11-9-22(10-12-23)21-5-3-2-4-6-21/h2-19H,1H3/b17-7+. The lowest BCUT2D eigenvalue weighted by atomic mass is 10.0. The quantitative estimate of drug-likeness (QED) is 0.0726. The highest BCUT2D eigenvalue weighted by atomic mass is 16.6. The fourth-order valence-corrected chi connectivity index (χ4v) is 3.48. The van der Waals surface area contributed by atoms with Gasteiger partial charge in [0.2, 0.25) is 0 Å². The summed E-state index contributed by atoms with van der Waals surface area (Å²) in [4.78, 5) is 35.3. The number of ether oxygens (including phenoxy) is 2. The van der Waals surface area contributed by atoms with Crippen LogP contribution in [0.5, 0.6) is 11.5 Å². The van der Waals surface area contributed by atoms with Crippen LogP contribution in [0.3, 0.4) is 0 Å². The number of rotatable bonds is 8. The zero-order valence-corrected chi connectivity index (χ0v) is 19.3. The lowest BCUT2D eigenvalue weighted by molar-refractivity contribution is -0.384. The predicted molar refractivity (Wildman–Crippen MR) is 136 cm³/mol. The second-order valence-electron chi connectivity index (χ2n) is 7.74. The Bertz CT molecular complexity index is 1430. The number of nitro groups is 1. The maximum absolute atomic E-state index is 12.6. The molecule has 4 rings (SSSR count). The summed E-state index contributed by atoms with van der Waals surface area (Å²) >= 11 is 0. The molecule has 36 heavy (non-hydrogen) atoms. The first kappa shape index (κ1) is 24.1. The Morgan fingerprint density at radius 1 is 0.778 bits per heavy atom. The highest BCUT2D eigenvalue weighted by Crippen LogP contribution is 2.29. The van der Waals surface area contributed by atoms with Gasteiger partial charge in [0.15, 0.2) is 17.3 Å². The van der Waals surface area contributed by atoms with Gasteiger partial charge in [-0.15, -0.1) is 0 Å². The number of non-ortho nitro benzene ring substituents is 1. The minimum Gasteiger partial charge on any atom is -0.493 e. The average molecular weight is 479 g/mol. The number of methoxy groups -OCH3 is 1. The summed E-state index contributed by atoms with van der Waals surface area (Å²) in [6.07, 6.45) is 3.12. The third-order valence-corrected chi connectivity index (χ3v) is 5.41. The predicted octanol–water partition coefficient (Wildman–Crippen LogP) is 6.39. The molecule has 0 unspecified atom stereocenters. The molecular formula is C29H21NO6. The van der Waals surface area contributed by atoms with E-state index in [1.807, 2.05) is 42.5 Å². The van der Waals surface area contributed by atoms with E-state index in [0.29, 0.717) is 16.9 Å². The number of allylic oxidation sites excluding steroid dienone is 1. The van der Waals surface area contributed by atoms with E-state index >= 15 is 0 Å². The van der Waals surface area contributed by atoms with Gasteiger partial charge >= 0.3 is 5.97 Å². The van der Waals surface area contributed by atoms with Crippen LogP contribution >= 0.6 is 0 Å². The molecule has 0 aromatic heterocycles. The van der Waals surface area contributed by atoms with Gasteiger partial charge in [0, 0.05) is 17.7 Å². The van der Waals surface area contributed by atoms with E-state index in [-0.39, 0.29) is 22.8 Å². The lowest BCUT2D eigenvalue weighted by Crippen LogP contribution is -2.09. The number of hydrogen-bond acceptors (Lipinski definition) is 6. The van der Waals surface area contributed by atoms with Crippen LogP contribution in [0.25, 0.3) is 17.2 Å². The number of benzene rings is 4. The van der Waals surface area contributed by atoms with Crippen molar-refractivity contribution in [3.05, 3.63) is 130 Å². The minimum atomic E-state index is -0.680. The van der Waals surface area contributed by atoms with Gasteiger partial charge in [0.25, 0.3) is 5.69 Å². The Kier molecular flexibility index (Phi) is 7.31. The number of nitrogens with zero attached hydrogens (tertiary/aromatic N) is 1. The van der Waals surface area contributed by atoms with Crippen molar-refractivity contribution in [3.8, 4) is 22.6 Å². The van der Waals surface area contributed by atoms with Crippen molar-refractivity contribution in [2.45, 2.75) is 0 Å². The van der Waals surface area contributed by atoms with Crippen LogP contribution in [0.2, 0.25) is 0 Å². The molecular weight excluding hydrogens is 458 g/mol. The monoisotopic (exact) mass is 479 g/mol. The SMILES string of the molecule is COc1cc(/C=C/C(=O)c2ccc(-c3ccccc3)cc2)ccc1OC(=O)c1ccc([N+](=O)[O-])cc1. The van der Waals surface area contributed by atoms with Gasteiger partial charge in [-0.05, 0) is 47.0 Å². The van der Waals surface area contributed by atoms with Crippen molar-refractivity contribution in [2.75, 3.05) is 7.11 Å². The Balaban J connectivity index is 1.44. The van der Waals surface area contributed by atoms with Gasteiger partial charge in [-0.1, -0.05) is 66.7 Å². The third kappa shape index (κ3) is 5.71. The van der Waals surface area contributed by atoms with Crippen LogP contribution in [0.1, 0.15) is 26.3 Å². The third-order valence-electron chi connectivity index (χ3n) is 5.41. The summed E-state index contributed by atoms with van der Waals surface area (Å²) in [6.45, 7) is 0. The molecule has 0 aliphatic heterocycles. The Morgan fingerprint density at radius 2 is 1.42 bits per heavy atom. The zero-order chi connectivity index (χ0) is 25.5. The molecule has 0 bridgehead atoms. The summed E-state index contributed by atoms with van der Waals surface area (Å²) in [5.74, 6) is -0.351. The van der Waals surface area contributed by atoms with E-state index < -0.39 is 10.9 Å². The van der Waals surface area contributed by atoms with Crippen molar-refractivity contribution in [1.29, 1.82) is 0 Å². The molecule has 178 valence electrons. The van der Waals surface area contributed by atoms with Gasteiger partial charge < -0.3 is 9.47 Å². The van der Waals surface area contributed by atoms with Crippen LogP contribution in [-0.4, -0.2) is 23.8 Å². The molecule has 0 amide bonds. The van der Waals surface area contributed by atoms with Crippen LogP contribution in [0.15, 0.2) is 103 Å². The molecule has 4 aromatic rings. The molecule has 0 aliphatic carbocycles. The molecule has 0 heterocycles. The summed E-state index contributed by atoms with van der Waals surface area (Å²) in [6, 6.07) is 27.3. The van der Waals surface area contributed by atoms with E-state index in [4.69, 9.17) is 9.47 Å². The molecule has 0 saturated carbocycles. The molecule has 7 heteroatoms. The first-order chi connectivity index (χ1) is 17.4. The van der Waals surface area contributed by atoms with Gasteiger partial charge in [-0.3, -0.25) is 14.9 Å². The Labute approximate surface area is 207 Å². The van der Waals surface area contributed by atoms with Crippen LogP contribution in [0.4, 0.5) is 5.69 Å². The molecule has 0 fully saturated rings. The first-order valence-corrected chi connectivity index (χ1v) is 11.0. The van der Waals surface area contributed by atoms with Crippen LogP contribution in [0, 0.1) is 10.1 Å².